The molecule has 2 amide bonds. The maximum absolute atomic E-state index is 13.5. The maximum Gasteiger partial charge on any atom is 0.317 e. The maximum atomic E-state index is 13.5. The number of amides is 2. The van der Waals surface area contributed by atoms with E-state index in [9.17, 15) is 4.79 Å². The molecule has 35 heavy (non-hydrogen) atoms. The Kier molecular flexibility index (Phi) is 6.90. The molecule has 8 nitrogen and oxygen atoms in total. The van der Waals surface area contributed by atoms with Gasteiger partial charge in [0, 0.05) is 62.7 Å². The minimum atomic E-state index is -0.115. The molecule has 2 aliphatic heterocycles. The van der Waals surface area contributed by atoms with Gasteiger partial charge in [0.05, 0.1) is 6.04 Å². The van der Waals surface area contributed by atoms with Crippen LogP contribution in [0.1, 0.15) is 97.2 Å². The second-order valence-electron chi connectivity index (χ2n) is 12.8. The number of hydrogen-bond acceptors (Lipinski definition) is 6. The lowest BCUT2D eigenvalue weighted by molar-refractivity contribution is 0.0132. The molecule has 1 aromatic rings. The molecule has 2 atom stereocenters. The number of aromatic nitrogens is 2. The van der Waals surface area contributed by atoms with E-state index >= 15 is 0 Å². The zero-order valence-corrected chi connectivity index (χ0v) is 22.6. The van der Waals surface area contributed by atoms with Gasteiger partial charge in [-0.2, -0.15) is 4.98 Å². The van der Waals surface area contributed by atoms with Gasteiger partial charge in [-0.15, -0.1) is 0 Å². The minimum Gasteiger partial charge on any atom is -0.339 e. The molecule has 4 fully saturated rings. The molecule has 0 spiro atoms. The third kappa shape index (κ3) is 5.24. The first-order valence-corrected chi connectivity index (χ1v) is 14.0. The van der Waals surface area contributed by atoms with E-state index in [0.29, 0.717) is 18.0 Å². The van der Waals surface area contributed by atoms with E-state index in [1.54, 1.807) is 0 Å². The second kappa shape index (κ2) is 9.66. The Balaban J connectivity index is 1.20. The van der Waals surface area contributed by atoms with Crippen molar-refractivity contribution in [3.05, 3.63) is 11.7 Å². The lowest BCUT2D eigenvalue weighted by Crippen LogP contribution is -2.64. The molecule has 0 bridgehead atoms. The van der Waals surface area contributed by atoms with E-state index < -0.39 is 0 Å². The number of nitrogens with zero attached hydrogens (tertiary/aromatic N) is 5. The molecule has 3 heterocycles. The molecule has 2 aliphatic carbocycles. The molecular formula is C27H46N6O2. The summed E-state index contributed by atoms with van der Waals surface area (Å²) in [5.74, 6) is 2.11. The highest BCUT2D eigenvalue weighted by Crippen LogP contribution is 2.41. The van der Waals surface area contributed by atoms with Crippen molar-refractivity contribution < 1.29 is 9.32 Å². The summed E-state index contributed by atoms with van der Waals surface area (Å²) in [6, 6.07) is 1.31. The van der Waals surface area contributed by atoms with E-state index in [1.807, 2.05) is 4.90 Å². The minimum absolute atomic E-state index is 0.0991. The predicted octanol–water partition coefficient (Wildman–Crippen LogP) is 3.98. The molecule has 2 saturated heterocycles. The molecule has 0 aromatic carbocycles. The normalized spacial score (nSPS) is 29.9. The zero-order chi connectivity index (χ0) is 24.8. The van der Waals surface area contributed by atoms with Gasteiger partial charge in [0.1, 0.15) is 0 Å². The fraction of sp³-hybridized carbons (Fsp3) is 0.889. The highest BCUT2D eigenvalue weighted by molar-refractivity contribution is 5.75. The van der Waals surface area contributed by atoms with Crippen molar-refractivity contribution in [3.63, 3.8) is 0 Å². The van der Waals surface area contributed by atoms with E-state index in [0.717, 1.165) is 76.7 Å². The lowest BCUT2D eigenvalue weighted by Gasteiger charge is -2.51. The number of piperazine rings is 1. The van der Waals surface area contributed by atoms with Gasteiger partial charge < -0.3 is 14.7 Å². The van der Waals surface area contributed by atoms with Gasteiger partial charge in [-0.3, -0.25) is 9.80 Å². The average molecular weight is 487 g/mol. The van der Waals surface area contributed by atoms with E-state index in [4.69, 9.17) is 9.51 Å². The number of urea groups is 1. The van der Waals surface area contributed by atoms with Crippen molar-refractivity contribution in [2.75, 3.05) is 39.3 Å². The van der Waals surface area contributed by atoms with Crippen LogP contribution in [0.5, 0.6) is 0 Å². The summed E-state index contributed by atoms with van der Waals surface area (Å²) in [4.78, 5) is 25.5. The highest BCUT2D eigenvalue weighted by atomic mass is 16.5. The lowest BCUT2D eigenvalue weighted by atomic mass is 9.70. The van der Waals surface area contributed by atoms with Crippen LogP contribution in [0.15, 0.2) is 4.52 Å². The van der Waals surface area contributed by atoms with Crippen LogP contribution in [0, 0.1) is 5.41 Å². The number of hydrogen-bond donors (Lipinski definition) is 1. The molecule has 2 saturated carbocycles. The quantitative estimate of drug-likeness (QED) is 0.678. The van der Waals surface area contributed by atoms with Gasteiger partial charge in [-0.25, -0.2) is 4.79 Å². The second-order valence-corrected chi connectivity index (χ2v) is 12.8. The monoisotopic (exact) mass is 486 g/mol. The number of carbonyl (C=O) groups excluding carboxylic acids is 1. The van der Waals surface area contributed by atoms with Gasteiger partial charge in [0.25, 0.3) is 0 Å². The third-order valence-electron chi connectivity index (χ3n) is 9.44. The van der Waals surface area contributed by atoms with Crippen molar-refractivity contribution in [1.82, 2.24) is 30.2 Å². The van der Waals surface area contributed by atoms with Crippen LogP contribution in [0.2, 0.25) is 0 Å². The van der Waals surface area contributed by atoms with Gasteiger partial charge in [0.15, 0.2) is 5.82 Å². The Hall–Kier alpha value is -1.67. The largest absolute Gasteiger partial charge is 0.339 e. The zero-order valence-electron chi connectivity index (χ0n) is 22.6. The summed E-state index contributed by atoms with van der Waals surface area (Å²) in [6.07, 6.45) is 7.66. The number of piperidine rings is 1. The van der Waals surface area contributed by atoms with Crippen LogP contribution in [0.4, 0.5) is 4.79 Å². The molecular weight excluding hydrogens is 440 g/mol. The van der Waals surface area contributed by atoms with Crippen LogP contribution >= 0.6 is 0 Å². The summed E-state index contributed by atoms with van der Waals surface area (Å²) >= 11 is 0. The Morgan fingerprint density at radius 2 is 1.69 bits per heavy atom. The number of carbonyl (C=O) groups is 1. The van der Waals surface area contributed by atoms with Crippen LogP contribution in [0.25, 0.3) is 0 Å². The molecule has 1 N–H and O–H groups in total. The van der Waals surface area contributed by atoms with Gasteiger partial charge in [-0.05, 0) is 57.8 Å². The first-order chi connectivity index (χ1) is 16.7. The van der Waals surface area contributed by atoms with Crippen molar-refractivity contribution in [1.29, 1.82) is 0 Å². The standard InChI is InChI=1S/C27H46N6O2/c1-19(2)31-15-17-32(18-16-31)21-7-6-10-26(3,4)22(21)28-25(34)33-13-11-27(5,12-14-33)24-29-23(35-30-24)20-8-9-20/h19-22H,6-18H2,1-5H3,(H,28,34)/t21-,22+/m0/s1. The van der Waals surface area contributed by atoms with Crippen LogP contribution in [-0.2, 0) is 5.41 Å². The molecule has 0 unspecified atom stereocenters. The number of nitrogens with one attached hydrogen (secondary N) is 1. The predicted molar refractivity (Wildman–Crippen MR) is 136 cm³/mol. The number of rotatable bonds is 5. The Morgan fingerprint density at radius 3 is 2.31 bits per heavy atom. The summed E-state index contributed by atoms with van der Waals surface area (Å²) < 4.78 is 5.53. The first kappa shape index (κ1) is 25.0. The Bertz CT molecular complexity index is 878. The number of likely N-dealkylation sites (tertiary alicyclic amines) is 1. The smallest absolute Gasteiger partial charge is 0.317 e. The van der Waals surface area contributed by atoms with E-state index in [-0.39, 0.29) is 22.9 Å². The fourth-order valence-corrected chi connectivity index (χ4v) is 6.51. The SMILES string of the molecule is CC(C)N1CCN([C@H]2CCCC(C)(C)[C@@H]2NC(=O)N2CCC(C)(c3noc(C4CC4)n3)CC2)CC1. The van der Waals surface area contributed by atoms with Crippen molar-refractivity contribution in [2.45, 2.75) is 109 Å². The van der Waals surface area contributed by atoms with Crippen molar-refractivity contribution >= 4 is 6.03 Å². The molecule has 196 valence electrons. The molecule has 1 aromatic heterocycles. The summed E-state index contributed by atoms with van der Waals surface area (Å²) in [5.41, 5.74) is -0.0158. The molecule has 4 aliphatic rings. The summed E-state index contributed by atoms with van der Waals surface area (Å²) in [6.45, 7) is 17.4. The molecule has 5 rings (SSSR count). The first-order valence-electron chi connectivity index (χ1n) is 14.0. The van der Waals surface area contributed by atoms with E-state index in [1.165, 1.54) is 19.3 Å². The van der Waals surface area contributed by atoms with Crippen molar-refractivity contribution in [2.24, 2.45) is 5.41 Å². The molecule has 8 heteroatoms. The van der Waals surface area contributed by atoms with Crippen LogP contribution in [0.3, 0.4) is 0 Å². The average Bonchev–Trinajstić information content (AvgIpc) is 3.56. The van der Waals surface area contributed by atoms with Crippen LogP contribution < -0.4 is 5.32 Å². The topological polar surface area (TPSA) is 77.7 Å². The highest BCUT2D eigenvalue weighted by Gasteiger charge is 2.45. The van der Waals surface area contributed by atoms with Crippen molar-refractivity contribution in [3.8, 4) is 0 Å². The third-order valence-corrected chi connectivity index (χ3v) is 9.44. The Morgan fingerprint density at radius 1 is 1.00 bits per heavy atom. The van der Waals surface area contributed by atoms with Gasteiger partial charge in [-0.1, -0.05) is 32.3 Å². The van der Waals surface area contributed by atoms with Gasteiger partial charge in [0.2, 0.25) is 5.89 Å². The molecule has 0 radical (unpaired) electrons. The van der Waals surface area contributed by atoms with Crippen LogP contribution in [-0.4, -0.2) is 88.3 Å². The van der Waals surface area contributed by atoms with E-state index in [2.05, 4.69) is 54.9 Å². The summed E-state index contributed by atoms with van der Waals surface area (Å²) in [5, 5.41) is 7.86. The fourth-order valence-electron chi connectivity index (χ4n) is 6.51. The summed E-state index contributed by atoms with van der Waals surface area (Å²) in [7, 11) is 0. The van der Waals surface area contributed by atoms with Gasteiger partial charge >= 0.3 is 6.03 Å². The Labute approximate surface area is 211 Å².